The van der Waals surface area contributed by atoms with Crippen molar-refractivity contribution in [3.63, 3.8) is 0 Å². The lowest BCUT2D eigenvalue weighted by Gasteiger charge is -2.29. The van der Waals surface area contributed by atoms with Crippen molar-refractivity contribution in [3.05, 3.63) is 59.2 Å². The highest BCUT2D eigenvalue weighted by molar-refractivity contribution is 7.92. The van der Waals surface area contributed by atoms with Crippen molar-refractivity contribution in [2.24, 2.45) is 0 Å². The van der Waals surface area contributed by atoms with E-state index >= 15 is 0 Å². The number of benzene rings is 2. The van der Waals surface area contributed by atoms with Crippen LogP contribution in [0.1, 0.15) is 49.8 Å². The van der Waals surface area contributed by atoms with Crippen molar-refractivity contribution in [2.45, 2.75) is 59.5 Å². The van der Waals surface area contributed by atoms with Gasteiger partial charge in [-0.1, -0.05) is 31.2 Å². The Balaban J connectivity index is 2.21. The molecule has 1 unspecified atom stereocenters. The Labute approximate surface area is 215 Å². The molecule has 0 aliphatic carbocycles. The first-order valence-electron chi connectivity index (χ1n) is 12.2. The smallest absolute Gasteiger partial charge is 0.242 e. The van der Waals surface area contributed by atoms with Crippen LogP contribution in [-0.2, 0) is 26.2 Å². The van der Waals surface area contributed by atoms with E-state index in [0.29, 0.717) is 24.4 Å². The first-order valence-corrected chi connectivity index (χ1v) is 14.1. The van der Waals surface area contributed by atoms with E-state index in [-0.39, 0.29) is 31.3 Å². The van der Waals surface area contributed by atoms with Crippen LogP contribution in [0.15, 0.2) is 42.5 Å². The molecule has 2 aromatic rings. The number of sulfonamides is 1. The Bertz CT molecular complexity index is 1150. The Morgan fingerprint density at radius 1 is 1.11 bits per heavy atom. The summed E-state index contributed by atoms with van der Waals surface area (Å²) in [5, 5.41) is 2.86. The monoisotopic (exact) mass is 517 g/mol. The van der Waals surface area contributed by atoms with Crippen LogP contribution >= 0.6 is 0 Å². The zero-order valence-electron chi connectivity index (χ0n) is 22.2. The summed E-state index contributed by atoms with van der Waals surface area (Å²) in [5.41, 5.74) is 3.26. The minimum atomic E-state index is -3.54. The molecular formula is C27H39N3O5S. The number of hydrogen-bond acceptors (Lipinski definition) is 5. The molecule has 2 aromatic carbocycles. The van der Waals surface area contributed by atoms with Crippen molar-refractivity contribution in [3.8, 4) is 5.75 Å². The lowest BCUT2D eigenvalue weighted by atomic mass is 10.1. The van der Waals surface area contributed by atoms with Crippen molar-refractivity contribution < 1.29 is 22.7 Å². The number of hydrogen-bond donors (Lipinski definition) is 1. The zero-order chi connectivity index (χ0) is 26.9. The van der Waals surface area contributed by atoms with Crippen LogP contribution in [0, 0.1) is 13.8 Å². The highest BCUT2D eigenvalue weighted by Gasteiger charge is 2.27. The van der Waals surface area contributed by atoms with Gasteiger partial charge >= 0.3 is 0 Å². The predicted molar refractivity (Wildman–Crippen MR) is 144 cm³/mol. The molecule has 0 fully saturated rings. The molecule has 0 saturated heterocycles. The van der Waals surface area contributed by atoms with Gasteiger partial charge in [-0.15, -0.1) is 0 Å². The molecular weight excluding hydrogens is 478 g/mol. The number of anilines is 1. The summed E-state index contributed by atoms with van der Waals surface area (Å²) in [4.78, 5) is 27.6. The van der Waals surface area contributed by atoms with Gasteiger partial charge in [-0.2, -0.15) is 0 Å². The number of aryl methyl sites for hydroxylation is 2. The summed E-state index contributed by atoms with van der Waals surface area (Å²) in [7, 11) is -1.97. The second-order valence-electron chi connectivity index (χ2n) is 9.07. The first kappa shape index (κ1) is 29.2. The summed E-state index contributed by atoms with van der Waals surface area (Å²) in [6.07, 6.45) is 2.39. The first-order chi connectivity index (χ1) is 17.0. The predicted octanol–water partition coefficient (Wildman–Crippen LogP) is 3.80. The van der Waals surface area contributed by atoms with Crippen LogP contribution in [0.25, 0.3) is 0 Å². The number of nitrogens with one attached hydrogen (secondary N) is 1. The largest absolute Gasteiger partial charge is 0.497 e. The molecule has 0 heterocycles. The number of rotatable bonds is 13. The average molecular weight is 518 g/mol. The van der Waals surface area contributed by atoms with E-state index in [1.807, 2.05) is 63.2 Å². The highest BCUT2D eigenvalue weighted by atomic mass is 32.2. The van der Waals surface area contributed by atoms with Crippen LogP contribution in [0.4, 0.5) is 5.69 Å². The summed E-state index contributed by atoms with van der Waals surface area (Å²) < 4.78 is 31.8. The van der Waals surface area contributed by atoms with Gasteiger partial charge in [0.1, 0.15) is 11.8 Å². The van der Waals surface area contributed by atoms with Crippen molar-refractivity contribution in [2.75, 3.05) is 30.8 Å². The van der Waals surface area contributed by atoms with Gasteiger partial charge in [-0.3, -0.25) is 13.9 Å². The maximum atomic E-state index is 13.4. The van der Waals surface area contributed by atoms with Crippen LogP contribution in [0.3, 0.4) is 0 Å². The molecule has 198 valence electrons. The number of methoxy groups -OCH3 is 1. The van der Waals surface area contributed by atoms with E-state index in [1.165, 1.54) is 10.6 Å². The van der Waals surface area contributed by atoms with Gasteiger partial charge in [-0.25, -0.2) is 8.42 Å². The molecule has 2 amide bonds. The maximum absolute atomic E-state index is 13.4. The molecule has 1 atom stereocenters. The molecule has 36 heavy (non-hydrogen) atoms. The zero-order valence-corrected chi connectivity index (χ0v) is 23.0. The summed E-state index contributed by atoms with van der Waals surface area (Å²) >= 11 is 0. The Morgan fingerprint density at radius 3 is 2.47 bits per heavy atom. The molecule has 1 N–H and O–H groups in total. The highest BCUT2D eigenvalue weighted by Crippen LogP contribution is 2.25. The van der Waals surface area contributed by atoms with E-state index in [4.69, 9.17) is 4.74 Å². The molecule has 0 aliphatic rings. The minimum absolute atomic E-state index is 0.103. The third kappa shape index (κ3) is 8.26. The molecule has 0 aromatic heterocycles. The summed E-state index contributed by atoms with van der Waals surface area (Å²) in [6, 6.07) is 12.4. The molecule has 0 bridgehead atoms. The maximum Gasteiger partial charge on any atom is 0.242 e. The fourth-order valence-corrected chi connectivity index (χ4v) is 4.93. The van der Waals surface area contributed by atoms with Gasteiger partial charge < -0.3 is 15.0 Å². The van der Waals surface area contributed by atoms with E-state index in [1.54, 1.807) is 18.9 Å². The molecule has 9 heteroatoms. The molecule has 2 rings (SSSR count). The van der Waals surface area contributed by atoms with Gasteiger partial charge in [0, 0.05) is 26.1 Å². The Kier molecular flexibility index (Phi) is 10.8. The second kappa shape index (κ2) is 13.3. The molecule has 0 saturated carbocycles. The van der Waals surface area contributed by atoms with E-state index in [2.05, 4.69) is 5.32 Å². The van der Waals surface area contributed by atoms with Crippen molar-refractivity contribution in [1.82, 2.24) is 10.2 Å². The number of carbonyl (C=O) groups excluding carboxylic acids is 2. The second-order valence-corrected chi connectivity index (χ2v) is 11.0. The Morgan fingerprint density at radius 2 is 1.83 bits per heavy atom. The van der Waals surface area contributed by atoms with Gasteiger partial charge in [0.05, 0.1) is 19.1 Å². The van der Waals surface area contributed by atoms with Crippen molar-refractivity contribution in [1.29, 1.82) is 0 Å². The Hall–Kier alpha value is -3.07. The third-order valence-electron chi connectivity index (χ3n) is 5.99. The number of carbonyl (C=O) groups is 2. The minimum Gasteiger partial charge on any atom is -0.497 e. The molecule has 0 radical (unpaired) electrons. The normalized spacial score (nSPS) is 12.1. The fourth-order valence-electron chi connectivity index (χ4n) is 3.92. The fraction of sp³-hybridized carbons (Fsp3) is 0.481. The van der Waals surface area contributed by atoms with Crippen LogP contribution in [0.2, 0.25) is 0 Å². The summed E-state index contributed by atoms with van der Waals surface area (Å²) in [5.74, 6) is 0.230. The van der Waals surface area contributed by atoms with Crippen LogP contribution < -0.4 is 14.4 Å². The lowest BCUT2D eigenvalue weighted by Crippen LogP contribution is -2.47. The van der Waals surface area contributed by atoms with Gasteiger partial charge in [0.15, 0.2) is 0 Å². The average Bonchev–Trinajstić information content (AvgIpc) is 2.84. The number of ether oxygens (including phenoxy) is 1. The van der Waals surface area contributed by atoms with Gasteiger partial charge in [0.25, 0.3) is 0 Å². The van der Waals surface area contributed by atoms with Gasteiger partial charge in [-0.05, 0) is 68.5 Å². The topological polar surface area (TPSA) is 96.0 Å². The van der Waals surface area contributed by atoms with Crippen molar-refractivity contribution >= 4 is 27.5 Å². The van der Waals surface area contributed by atoms with Gasteiger partial charge in [0.2, 0.25) is 21.8 Å². The summed E-state index contributed by atoms with van der Waals surface area (Å²) in [6.45, 7) is 8.39. The van der Waals surface area contributed by atoms with E-state index < -0.39 is 16.1 Å². The molecule has 0 spiro atoms. The third-order valence-corrected chi connectivity index (χ3v) is 7.17. The molecule has 8 nitrogen and oxygen atoms in total. The number of amides is 2. The van der Waals surface area contributed by atoms with Crippen LogP contribution in [-0.4, -0.2) is 57.6 Å². The van der Waals surface area contributed by atoms with Crippen LogP contribution in [0.5, 0.6) is 5.75 Å². The van der Waals surface area contributed by atoms with E-state index in [9.17, 15) is 18.0 Å². The molecule has 0 aliphatic heterocycles. The standard InChI is InChI=1S/C27H39N3O5S/c1-7-15-28-27(32)22(4)29(19-23-10-8-11-24(18-23)35-5)26(31)12-9-16-30(36(6,33)34)25-17-20(2)13-14-21(25)3/h8,10-11,13-14,17-18,22H,7,9,12,15-16,19H2,1-6H3,(H,28,32). The lowest BCUT2D eigenvalue weighted by molar-refractivity contribution is -0.140. The number of nitrogens with zero attached hydrogens (tertiary/aromatic N) is 2. The quantitative estimate of drug-likeness (QED) is 0.436. The van der Waals surface area contributed by atoms with E-state index in [0.717, 1.165) is 23.1 Å². The SMILES string of the molecule is CCCNC(=O)C(C)N(Cc1cccc(OC)c1)C(=O)CCCN(c1cc(C)ccc1C)S(C)(=O)=O.